The summed E-state index contributed by atoms with van der Waals surface area (Å²) in [5.74, 6) is 0.0281. The number of rotatable bonds is 3. The van der Waals surface area contributed by atoms with Gasteiger partial charge in [0, 0.05) is 38.7 Å². The number of halogens is 1. The molecular weight excluding hydrogens is 373 g/mol. The molecule has 2 heterocycles. The lowest BCUT2D eigenvalue weighted by atomic mass is 10.1. The third-order valence-corrected chi connectivity index (χ3v) is 5.05. The molecule has 0 atom stereocenters. The normalized spacial score (nSPS) is 14.1. The van der Waals surface area contributed by atoms with Crippen LogP contribution < -0.4 is 0 Å². The Morgan fingerprint density at radius 1 is 0.931 bits per heavy atom. The Hall–Kier alpha value is -3.48. The molecule has 0 saturated carbocycles. The Bertz CT molecular complexity index is 1050. The maximum absolute atomic E-state index is 14.0. The number of nitrogens with zero attached hydrogens (tertiary/aromatic N) is 3. The lowest BCUT2D eigenvalue weighted by molar-refractivity contribution is -0.130. The predicted octanol–water partition coefficient (Wildman–Crippen LogP) is 3.45. The van der Waals surface area contributed by atoms with Crippen LogP contribution in [0.3, 0.4) is 0 Å². The van der Waals surface area contributed by atoms with Crippen LogP contribution in [0.4, 0.5) is 4.39 Å². The third kappa shape index (κ3) is 3.76. The summed E-state index contributed by atoms with van der Waals surface area (Å²) in [6, 6.07) is 13.4. The first-order valence-corrected chi connectivity index (χ1v) is 9.39. The molecule has 1 aromatic heterocycles. The topological polar surface area (TPSA) is 66.7 Å². The van der Waals surface area contributed by atoms with Gasteiger partial charge in [-0.3, -0.25) is 9.59 Å². The van der Waals surface area contributed by atoms with E-state index in [0.29, 0.717) is 48.6 Å². The highest BCUT2D eigenvalue weighted by Gasteiger charge is 2.26. The first-order valence-electron chi connectivity index (χ1n) is 9.39. The van der Waals surface area contributed by atoms with Crippen LogP contribution >= 0.6 is 0 Å². The molecule has 6 nitrogen and oxygen atoms in total. The van der Waals surface area contributed by atoms with E-state index >= 15 is 0 Å². The quantitative estimate of drug-likeness (QED) is 0.684. The molecule has 0 N–H and O–H groups in total. The Balaban J connectivity index is 1.61. The number of hydrogen-bond acceptors (Lipinski definition) is 4. The van der Waals surface area contributed by atoms with Gasteiger partial charge in [-0.05, 0) is 24.3 Å². The fourth-order valence-electron chi connectivity index (χ4n) is 3.44. The maximum atomic E-state index is 14.0. The van der Waals surface area contributed by atoms with Crippen LogP contribution in [0.25, 0.3) is 22.8 Å². The molecule has 1 aliphatic heterocycles. The van der Waals surface area contributed by atoms with Crippen molar-refractivity contribution in [2.24, 2.45) is 0 Å². The van der Waals surface area contributed by atoms with Gasteiger partial charge in [0.05, 0.1) is 17.3 Å². The van der Waals surface area contributed by atoms with Crippen molar-refractivity contribution in [3.63, 3.8) is 0 Å². The van der Waals surface area contributed by atoms with Crippen molar-refractivity contribution in [3.8, 4) is 22.8 Å². The Morgan fingerprint density at radius 3 is 2.24 bits per heavy atom. The average Bonchev–Trinajstić information content (AvgIpc) is 3.23. The van der Waals surface area contributed by atoms with Gasteiger partial charge in [-0.2, -0.15) is 0 Å². The van der Waals surface area contributed by atoms with Crippen LogP contribution in [-0.4, -0.2) is 52.8 Å². The standard InChI is InChI=1S/C22H20FN3O3/c1-15(27)25-10-12-26(13-11-25)22(28)17-7-3-2-6-16(17)21-24-14-20(29-21)18-8-4-5-9-19(18)23/h2-9,14H,10-13H2,1H3. The number of amides is 2. The number of benzene rings is 2. The van der Waals surface area contributed by atoms with E-state index in [0.717, 1.165) is 0 Å². The van der Waals surface area contributed by atoms with Gasteiger partial charge in [0.2, 0.25) is 11.8 Å². The van der Waals surface area contributed by atoms with Crippen molar-refractivity contribution in [1.29, 1.82) is 0 Å². The summed E-state index contributed by atoms with van der Waals surface area (Å²) in [4.78, 5) is 32.3. The number of piperazine rings is 1. The van der Waals surface area contributed by atoms with Crippen molar-refractivity contribution < 1.29 is 18.4 Å². The average molecular weight is 393 g/mol. The van der Waals surface area contributed by atoms with Crippen LogP contribution in [0, 0.1) is 5.82 Å². The minimum atomic E-state index is -0.400. The summed E-state index contributed by atoms with van der Waals surface area (Å²) < 4.78 is 19.8. The Kier molecular flexibility index (Phi) is 5.12. The van der Waals surface area contributed by atoms with Crippen LogP contribution in [0.15, 0.2) is 59.1 Å². The molecule has 0 unspecified atom stereocenters. The molecule has 2 aromatic carbocycles. The number of aromatic nitrogens is 1. The second-order valence-electron chi connectivity index (χ2n) is 6.85. The zero-order valence-electron chi connectivity index (χ0n) is 16.0. The van der Waals surface area contributed by atoms with Gasteiger partial charge in [-0.25, -0.2) is 9.37 Å². The maximum Gasteiger partial charge on any atom is 0.254 e. The highest BCUT2D eigenvalue weighted by molar-refractivity contribution is 6.00. The van der Waals surface area contributed by atoms with E-state index in [-0.39, 0.29) is 17.7 Å². The van der Waals surface area contributed by atoms with Crippen LogP contribution in [0.5, 0.6) is 0 Å². The van der Waals surface area contributed by atoms with Gasteiger partial charge in [-0.15, -0.1) is 0 Å². The highest BCUT2D eigenvalue weighted by atomic mass is 19.1. The zero-order valence-corrected chi connectivity index (χ0v) is 16.0. The number of carbonyl (C=O) groups is 2. The second kappa shape index (κ2) is 7.87. The zero-order chi connectivity index (χ0) is 20.4. The van der Waals surface area contributed by atoms with E-state index in [1.165, 1.54) is 19.2 Å². The Labute approximate surface area is 167 Å². The van der Waals surface area contributed by atoms with Crippen LogP contribution in [0.1, 0.15) is 17.3 Å². The molecule has 2 amide bonds. The van der Waals surface area contributed by atoms with Crippen LogP contribution in [-0.2, 0) is 4.79 Å². The molecule has 1 fully saturated rings. The minimum Gasteiger partial charge on any atom is -0.436 e. The van der Waals surface area contributed by atoms with E-state index in [4.69, 9.17) is 4.42 Å². The van der Waals surface area contributed by atoms with E-state index in [2.05, 4.69) is 4.98 Å². The van der Waals surface area contributed by atoms with E-state index in [1.807, 2.05) is 0 Å². The van der Waals surface area contributed by atoms with Crippen molar-refractivity contribution >= 4 is 11.8 Å². The van der Waals surface area contributed by atoms with E-state index in [9.17, 15) is 14.0 Å². The molecule has 1 aliphatic rings. The molecule has 0 spiro atoms. The molecule has 3 aromatic rings. The SMILES string of the molecule is CC(=O)N1CCN(C(=O)c2ccccc2-c2ncc(-c3ccccc3F)o2)CC1. The minimum absolute atomic E-state index is 0.0120. The molecule has 0 radical (unpaired) electrons. The molecule has 1 saturated heterocycles. The van der Waals surface area contributed by atoms with Gasteiger partial charge < -0.3 is 14.2 Å². The lowest BCUT2D eigenvalue weighted by Gasteiger charge is -2.34. The molecule has 0 aliphatic carbocycles. The number of oxazole rings is 1. The lowest BCUT2D eigenvalue weighted by Crippen LogP contribution is -2.50. The largest absolute Gasteiger partial charge is 0.436 e. The van der Waals surface area contributed by atoms with E-state index < -0.39 is 5.82 Å². The summed E-state index contributed by atoms with van der Waals surface area (Å²) in [5.41, 5.74) is 1.33. The Morgan fingerprint density at radius 2 is 1.55 bits per heavy atom. The van der Waals surface area contributed by atoms with Gasteiger partial charge in [0.1, 0.15) is 5.82 Å². The van der Waals surface area contributed by atoms with E-state index in [1.54, 1.807) is 52.3 Å². The molecule has 0 bridgehead atoms. The second-order valence-corrected chi connectivity index (χ2v) is 6.85. The van der Waals surface area contributed by atoms with Crippen molar-refractivity contribution in [2.45, 2.75) is 6.92 Å². The van der Waals surface area contributed by atoms with Crippen molar-refractivity contribution in [3.05, 3.63) is 66.1 Å². The molecule has 148 valence electrons. The molecule has 7 heteroatoms. The fourth-order valence-corrected chi connectivity index (χ4v) is 3.44. The summed E-state index contributed by atoms with van der Waals surface area (Å²) in [5, 5.41) is 0. The monoisotopic (exact) mass is 393 g/mol. The van der Waals surface area contributed by atoms with Gasteiger partial charge >= 0.3 is 0 Å². The smallest absolute Gasteiger partial charge is 0.254 e. The fraction of sp³-hybridized carbons (Fsp3) is 0.227. The summed E-state index contributed by atoms with van der Waals surface area (Å²) >= 11 is 0. The van der Waals surface area contributed by atoms with Gasteiger partial charge in [-0.1, -0.05) is 24.3 Å². The number of carbonyl (C=O) groups excluding carboxylic acids is 2. The summed E-state index contributed by atoms with van der Waals surface area (Å²) in [6.45, 7) is 3.50. The number of hydrogen-bond donors (Lipinski definition) is 0. The summed E-state index contributed by atoms with van der Waals surface area (Å²) in [7, 11) is 0. The van der Waals surface area contributed by atoms with Gasteiger partial charge in [0.15, 0.2) is 5.76 Å². The first-order chi connectivity index (χ1) is 14.0. The predicted molar refractivity (Wildman–Crippen MR) is 105 cm³/mol. The molecule has 29 heavy (non-hydrogen) atoms. The first kappa shape index (κ1) is 18.9. The molecule has 4 rings (SSSR count). The summed E-state index contributed by atoms with van der Waals surface area (Å²) in [6.07, 6.45) is 1.46. The van der Waals surface area contributed by atoms with Crippen molar-refractivity contribution in [2.75, 3.05) is 26.2 Å². The van der Waals surface area contributed by atoms with Gasteiger partial charge in [0.25, 0.3) is 5.91 Å². The van der Waals surface area contributed by atoms with Crippen LogP contribution in [0.2, 0.25) is 0 Å². The third-order valence-electron chi connectivity index (χ3n) is 5.05. The van der Waals surface area contributed by atoms with Crippen molar-refractivity contribution in [1.82, 2.24) is 14.8 Å². The molecular formula is C22H20FN3O3. The highest BCUT2D eigenvalue weighted by Crippen LogP contribution is 2.30.